The van der Waals surface area contributed by atoms with E-state index in [0.717, 1.165) is 0 Å². The van der Waals surface area contributed by atoms with Crippen LogP contribution in [0, 0.1) is 10.1 Å². The number of aromatic nitrogens is 1. The van der Waals surface area contributed by atoms with E-state index in [9.17, 15) is 32.1 Å². The second kappa shape index (κ2) is 4.11. The molecule has 0 bridgehead atoms. The Hall–Kier alpha value is -2.00. The van der Waals surface area contributed by atoms with Crippen molar-refractivity contribution in [2.75, 3.05) is 5.73 Å². The predicted molar refractivity (Wildman–Crippen MR) is 45.3 cm³/mol. The van der Waals surface area contributed by atoms with E-state index in [-0.39, 0.29) is 6.07 Å². The van der Waals surface area contributed by atoms with Crippen molar-refractivity contribution in [3.05, 3.63) is 27.6 Å². The number of alkyl halides is 5. The topological polar surface area (TPSA) is 82.0 Å². The third-order valence-corrected chi connectivity index (χ3v) is 1.73. The molecule has 2 N–H and O–H groups in total. The first-order chi connectivity index (χ1) is 7.64. The third kappa shape index (κ3) is 2.57. The number of hydrogen-bond acceptors (Lipinski definition) is 4. The second-order valence-electron chi connectivity index (χ2n) is 2.89. The highest BCUT2D eigenvalue weighted by atomic mass is 19.4. The van der Waals surface area contributed by atoms with Gasteiger partial charge in [-0.05, 0) is 6.07 Å². The predicted octanol–water partition coefficient (Wildman–Crippen LogP) is 2.53. The SMILES string of the molecule is Nc1cc(C(F)(F)F)nc(C(F)F)c1[N+](=O)[O-]. The summed E-state index contributed by atoms with van der Waals surface area (Å²) >= 11 is 0. The van der Waals surface area contributed by atoms with E-state index in [0.29, 0.717) is 0 Å². The van der Waals surface area contributed by atoms with Crippen molar-refractivity contribution in [1.29, 1.82) is 0 Å². The molecule has 94 valence electrons. The summed E-state index contributed by atoms with van der Waals surface area (Å²) in [4.78, 5) is 11.6. The zero-order valence-electron chi connectivity index (χ0n) is 7.83. The number of halogens is 5. The van der Waals surface area contributed by atoms with Gasteiger partial charge in [0.2, 0.25) is 0 Å². The standard InChI is InChI=1S/C7H4F5N3O2/c8-6(9)4-5(15(16)17)2(13)1-3(14-4)7(10,11)12/h1,6H,(H2,13,14). The Morgan fingerprint density at radius 1 is 1.41 bits per heavy atom. The normalized spacial score (nSPS) is 11.9. The number of nitrogens with two attached hydrogens (primary N) is 1. The summed E-state index contributed by atoms with van der Waals surface area (Å²) in [5.74, 6) is 0. The quantitative estimate of drug-likeness (QED) is 0.501. The van der Waals surface area contributed by atoms with Gasteiger partial charge >= 0.3 is 11.9 Å². The van der Waals surface area contributed by atoms with Crippen LogP contribution >= 0.6 is 0 Å². The van der Waals surface area contributed by atoms with Gasteiger partial charge < -0.3 is 5.73 Å². The number of nitro groups is 1. The van der Waals surface area contributed by atoms with Crippen LogP contribution in [0.5, 0.6) is 0 Å². The summed E-state index contributed by atoms with van der Waals surface area (Å²) in [5.41, 5.74) is -0.670. The minimum atomic E-state index is -5.01. The van der Waals surface area contributed by atoms with Crippen LogP contribution in [0.2, 0.25) is 0 Å². The van der Waals surface area contributed by atoms with Gasteiger partial charge in [-0.2, -0.15) is 13.2 Å². The molecule has 5 nitrogen and oxygen atoms in total. The highest BCUT2D eigenvalue weighted by Crippen LogP contribution is 2.37. The van der Waals surface area contributed by atoms with Gasteiger partial charge in [0, 0.05) is 0 Å². The van der Waals surface area contributed by atoms with Crippen molar-refractivity contribution in [1.82, 2.24) is 4.98 Å². The Labute approximate surface area is 90.2 Å². The van der Waals surface area contributed by atoms with Crippen LogP contribution in [0.1, 0.15) is 17.8 Å². The molecule has 0 aliphatic rings. The lowest BCUT2D eigenvalue weighted by Gasteiger charge is -2.09. The van der Waals surface area contributed by atoms with Crippen molar-refractivity contribution < 1.29 is 26.9 Å². The number of nitrogen functional groups attached to an aromatic ring is 1. The molecule has 0 fully saturated rings. The molecule has 1 aromatic rings. The molecule has 0 saturated heterocycles. The first-order valence-electron chi connectivity index (χ1n) is 3.94. The largest absolute Gasteiger partial charge is 0.433 e. The Kier molecular flexibility index (Phi) is 3.16. The maximum Gasteiger partial charge on any atom is 0.433 e. The molecule has 0 unspecified atom stereocenters. The number of pyridine rings is 1. The summed E-state index contributed by atoms with van der Waals surface area (Å²) in [5, 5.41) is 10.4. The fourth-order valence-electron chi connectivity index (χ4n) is 1.07. The highest BCUT2D eigenvalue weighted by Gasteiger charge is 2.37. The Morgan fingerprint density at radius 2 is 1.94 bits per heavy atom. The second-order valence-corrected chi connectivity index (χ2v) is 2.89. The molecule has 1 heterocycles. The third-order valence-electron chi connectivity index (χ3n) is 1.73. The molecule has 1 aromatic heterocycles. The zero-order chi connectivity index (χ0) is 13.4. The van der Waals surface area contributed by atoms with Crippen molar-refractivity contribution in [2.24, 2.45) is 0 Å². The summed E-state index contributed by atoms with van der Waals surface area (Å²) in [6.07, 6.45) is -8.53. The van der Waals surface area contributed by atoms with Crippen LogP contribution in [-0.2, 0) is 6.18 Å². The molecule has 0 amide bonds. The van der Waals surface area contributed by atoms with Gasteiger partial charge in [-0.15, -0.1) is 0 Å². The number of nitrogens with zero attached hydrogens (tertiary/aromatic N) is 2. The molecular formula is C7H4F5N3O2. The molecule has 1 rings (SSSR count). The molecule has 0 saturated carbocycles. The van der Waals surface area contributed by atoms with E-state index in [2.05, 4.69) is 4.98 Å². The number of hydrogen-bond donors (Lipinski definition) is 1. The average molecular weight is 257 g/mol. The molecule has 0 aromatic carbocycles. The summed E-state index contributed by atoms with van der Waals surface area (Å²) in [6.45, 7) is 0. The Bertz CT molecular complexity index is 460. The van der Waals surface area contributed by atoms with Gasteiger partial charge in [0.15, 0.2) is 5.69 Å². The van der Waals surface area contributed by atoms with Crippen molar-refractivity contribution in [2.45, 2.75) is 12.6 Å². The van der Waals surface area contributed by atoms with E-state index in [1.165, 1.54) is 0 Å². The first-order valence-corrected chi connectivity index (χ1v) is 3.94. The highest BCUT2D eigenvalue weighted by molar-refractivity contribution is 5.61. The van der Waals surface area contributed by atoms with Crippen LogP contribution in [-0.4, -0.2) is 9.91 Å². The molecule has 0 aliphatic carbocycles. The molecule has 0 radical (unpaired) electrons. The van der Waals surface area contributed by atoms with Crippen LogP contribution in [0.3, 0.4) is 0 Å². The minimum Gasteiger partial charge on any atom is -0.393 e. The van der Waals surface area contributed by atoms with Crippen molar-refractivity contribution in [3.63, 3.8) is 0 Å². The fraction of sp³-hybridized carbons (Fsp3) is 0.286. The smallest absolute Gasteiger partial charge is 0.393 e. The lowest BCUT2D eigenvalue weighted by molar-refractivity contribution is -0.385. The van der Waals surface area contributed by atoms with Gasteiger partial charge in [0.25, 0.3) is 6.43 Å². The molecule has 0 aliphatic heterocycles. The Morgan fingerprint density at radius 3 is 2.29 bits per heavy atom. The number of rotatable bonds is 2. The van der Waals surface area contributed by atoms with E-state index < -0.39 is 40.3 Å². The van der Waals surface area contributed by atoms with E-state index in [4.69, 9.17) is 5.73 Å². The average Bonchev–Trinajstić information content (AvgIpc) is 2.13. The minimum absolute atomic E-state index is 0.143. The molecule has 0 spiro atoms. The van der Waals surface area contributed by atoms with Crippen molar-refractivity contribution in [3.8, 4) is 0 Å². The summed E-state index contributed by atoms with van der Waals surface area (Å²) in [7, 11) is 0. The van der Waals surface area contributed by atoms with Crippen LogP contribution in [0.25, 0.3) is 0 Å². The molecule has 10 heteroatoms. The lowest BCUT2D eigenvalue weighted by atomic mass is 10.2. The molecule has 17 heavy (non-hydrogen) atoms. The fourth-order valence-corrected chi connectivity index (χ4v) is 1.07. The van der Waals surface area contributed by atoms with Gasteiger partial charge in [0.05, 0.1) is 4.92 Å². The van der Waals surface area contributed by atoms with Crippen molar-refractivity contribution >= 4 is 11.4 Å². The summed E-state index contributed by atoms with van der Waals surface area (Å²) in [6, 6.07) is 0.143. The van der Waals surface area contributed by atoms with Crippen LogP contribution in [0.4, 0.5) is 33.3 Å². The van der Waals surface area contributed by atoms with E-state index in [1.807, 2.05) is 0 Å². The first kappa shape index (κ1) is 13.1. The van der Waals surface area contributed by atoms with Crippen LogP contribution in [0.15, 0.2) is 6.07 Å². The molecular weight excluding hydrogens is 253 g/mol. The monoisotopic (exact) mass is 257 g/mol. The van der Waals surface area contributed by atoms with Gasteiger partial charge in [0.1, 0.15) is 11.4 Å². The van der Waals surface area contributed by atoms with Gasteiger partial charge in [-0.1, -0.05) is 0 Å². The Balaban J connectivity index is 3.52. The van der Waals surface area contributed by atoms with Gasteiger partial charge in [-0.3, -0.25) is 10.1 Å². The van der Waals surface area contributed by atoms with Gasteiger partial charge in [-0.25, -0.2) is 13.8 Å². The van der Waals surface area contributed by atoms with E-state index >= 15 is 0 Å². The molecule has 0 atom stereocenters. The maximum atomic E-state index is 12.3. The van der Waals surface area contributed by atoms with E-state index in [1.54, 1.807) is 0 Å². The number of anilines is 1. The zero-order valence-corrected chi connectivity index (χ0v) is 7.83. The summed E-state index contributed by atoms with van der Waals surface area (Å²) < 4.78 is 61.3. The maximum absolute atomic E-state index is 12.3. The lowest BCUT2D eigenvalue weighted by Crippen LogP contribution is -2.13. The van der Waals surface area contributed by atoms with Crippen LogP contribution < -0.4 is 5.73 Å².